The van der Waals surface area contributed by atoms with Crippen molar-refractivity contribution in [2.45, 2.75) is 19.8 Å². The smallest absolute Gasteiger partial charge is 0.261 e. The van der Waals surface area contributed by atoms with E-state index in [4.69, 9.17) is 4.74 Å². The lowest BCUT2D eigenvalue weighted by atomic mass is 10.1. The second kappa shape index (κ2) is 8.45. The summed E-state index contributed by atoms with van der Waals surface area (Å²) in [4.78, 5) is 17.5. The molecule has 0 spiro atoms. The van der Waals surface area contributed by atoms with Crippen LogP contribution in [0.3, 0.4) is 0 Å². The minimum absolute atomic E-state index is 0.230. The van der Waals surface area contributed by atoms with Crippen molar-refractivity contribution in [1.82, 2.24) is 4.98 Å². The predicted molar refractivity (Wildman–Crippen MR) is 120 cm³/mol. The highest BCUT2D eigenvalue weighted by Gasteiger charge is 2.16. The molecule has 0 aliphatic carbocycles. The Balaban J connectivity index is 1.55. The van der Waals surface area contributed by atoms with E-state index < -0.39 is 0 Å². The summed E-state index contributed by atoms with van der Waals surface area (Å²) in [6.45, 7) is 2.17. The fourth-order valence-corrected chi connectivity index (χ4v) is 4.04. The summed E-state index contributed by atoms with van der Waals surface area (Å²) in [5.74, 6) is 0.316. The van der Waals surface area contributed by atoms with E-state index >= 15 is 0 Å². The molecule has 4 nitrogen and oxygen atoms in total. The molecule has 0 unspecified atom stereocenters. The summed E-state index contributed by atoms with van der Waals surface area (Å²) in [6.07, 6.45) is 2.21. The first-order chi connectivity index (χ1) is 14.2. The fraction of sp³-hybridized carbons (Fsp3) is 0.167. The van der Waals surface area contributed by atoms with E-state index in [2.05, 4.69) is 41.5 Å². The SMILES string of the molecule is CCCc1ccc(-c2csc(NC(=O)c3cc4ccccc4cc3OC)n2)cc1. The van der Waals surface area contributed by atoms with Crippen LogP contribution < -0.4 is 10.1 Å². The van der Waals surface area contributed by atoms with Gasteiger partial charge in [-0.3, -0.25) is 10.1 Å². The van der Waals surface area contributed by atoms with Crippen molar-refractivity contribution in [3.05, 3.63) is 77.2 Å². The van der Waals surface area contributed by atoms with Gasteiger partial charge in [-0.15, -0.1) is 11.3 Å². The summed E-state index contributed by atoms with van der Waals surface area (Å²) >= 11 is 1.42. The molecule has 0 bridgehead atoms. The third-order valence-corrected chi connectivity index (χ3v) is 5.58. The quantitative estimate of drug-likeness (QED) is 0.419. The zero-order valence-electron chi connectivity index (χ0n) is 16.4. The van der Waals surface area contributed by atoms with Crippen molar-refractivity contribution >= 4 is 33.1 Å². The van der Waals surface area contributed by atoms with Gasteiger partial charge in [0, 0.05) is 10.9 Å². The second-order valence-electron chi connectivity index (χ2n) is 6.84. The van der Waals surface area contributed by atoms with Crippen LogP contribution in [-0.4, -0.2) is 18.0 Å². The minimum atomic E-state index is -0.230. The van der Waals surface area contributed by atoms with Crippen LogP contribution in [-0.2, 0) is 6.42 Å². The third-order valence-electron chi connectivity index (χ3n) is 4.83. The van der Waals surface area contributed by atoms with Crippen molar-refractivity contribution in [2.75, 3.05) is 12.4 Å². The number of amides is 1. The number of methoxy groups -OCH3 is 1. The number of ether oxygens (including phenoxy) is 1. The monoisotopic (exact) mass is 402 g/mol. The van der Waals surface area contributed by atoms with Gasteiger partial charge in [0.1, 0.15) is 5.75 Å². The van der Waals surface area contributed by atoms with Crippen LogP contribution >= 0.6 is 11.3 Å². The molecule has 0 aliphatic heterocycles. The van der Waals surface area contributed by atoms with E-state index in [0.717, 1.165) is 34.9 Å². The fourth-order valence-electron chi connectivity index (χ4n) is 3.32. The number of carbonyl (C=O) groups excluding carboxylic acids is 1. The Hall–Kier alpha value is -3.18. The number of anilines is 1. The highest BCUT2D eigenvalue weighted by Crippen LogP contribution is 2.29. The Morgan fingerprint density at radius 1 is 1.07 bits per heavy atom. The number of aryl methyl sites for hydroxylation is 1. The summed E-state index contributed by atoms with van der Waals surface area (Å²) in [5.41, 5.74) is 3.72. The molecule has 0 saturated carbocycles. The summed E-state index contributed by atoms with van der Waals surface area (Å²) < 4.78 is 5.44. The molecule has 1 aromatic heterocycles. The minimum Gasteiger partial charge on any atom is -0.496 e. The molecule has 3 aromatic carbocycles. The van der Waals surface area contributed by atoms with Crippen LogP contribution in [0.2, 0.25) is 0 Å². The molecule has 0 radical (unpaired) electrons. The standard InChI is InChI=1S/C24H22N2O2S/c1-3-6-16-9-11-17(12-10-16)21-15-29-24(25-21)26-23(27)20-13-18-7-4-5-8-19(18)14-22(20)28-2/h4-5,7-15H,3,6H2,1-2H3,(H,25,26,27). The van der Waals surface area contributed by atoms with Crippen molar-refractivity contribution in [3.63, 3.8) is 0 Å². The average molecular weight is 403 g/mol. The Bertz CT molecular complexity index is 1150. The lowest BCUT2D eigenvalue weighted by molar-refractivity contribution is 0.102. The second-order valence-corrected chi connectivity index (χ2v) is 7.70. The molecular weight excluding hydrogens is 380 g/mol. The summed E-state index contributed by atoms with van der Waals surface area (Å²) in [6, 6.07) is 20.1. The van der Waals surface area contributed by atoms with Crippen LogP contribution in [0, 0.1) is 0 Å². The van der Waals surface area contributed by atoms with Gasteiger partial charge in [-0.25, -0.2) is 4.98 Å². The normalized spacial score (nSPS) is 10.8. The molecule has 146 valence electrons. The molecule has 4 aromatic rings. The molecule has 0 saturated heterocycles. The van der Waals surface area contributed by atoms with Gasteiger partial charge in [-0.05, 0) is 34.9 Å². The van der Waals surface area contributed by atoms with Crippen molar-refractivity contribution in [1.29, 1.82) is 0 Å². The molecule has 1 N–H and O–H groups in total. The predicted octanol–water partition coefficient (Wildman–Crippen LogP) is 6.18. The number of rotatable bonds is 6. The molecule has 1 amide bonds. The van der Waals surface area contributed by atoms with Gasteiger partial charge in [0.2, 0.25) is 0 Å². The number of hydrogen-bond donors (Lipinski definition) is 1. The molecule has 4 rings (SSSR count). The summed E-state index contributed by atoms with van der Waals surface area (Å²) in [7, 11) is 1.57. The zero-order valence-corrected chi connectivity index (χ0v) is 17.3. The Kier molecular flexibility index (Phi) is 5.58. The van der Waals surface area contributed by atoms with Crippen molar-refractivity contribution < 1.29 is 9.53 Å². The number of nitrogens with zero attached hydrogens (tertiary/aromatic N) is 1. The highest BCUT2D eigenvalue weighted by atomic mass is 32.1. The van der Waals surface area contributed by atoms with E-state index in [1.807, 2.05) is 41.8 Å². The van der Waals surface area contributed by atoms with E-state index in [0.29, 0.717) is 16.4 Å². The number of thiazole rings is 1. The number of hydrogen-bond acceptors (Lipinski definition) is 4. The average Bonchev–Trinajstić information content (AvgIpc) is 3.22. The molecular formula is C24H22N2O2S. The molecule has 1 heterocycles. The number of nitrogens with one attached hydrogen (secondary N) is 1. The molecule has 29 heavy (non-hydrogen) atoms. The number of benzene rings is 3. The molecule has 5 heteroatoms. The lowest BCUT2D eigenvalue weighted by Gasteiger charge is -2.10. The Labute approximate surface area is 174 Å². The Morgan fingerprint density at radius 3 is 2.48 bits per heavy atom. The van der Waals surface area contributed by atoms with E-state index in [9.17, 15) is 4.79 Å². The van der Waals surface area contributed by atoms with Gasteiger partial charge in [-0.2, -0.15) is 0 Å². The van der Waals surface area contributed by atoms with Crippen LogP contribution in [0.15, 0.2) is 66.0 Å². The first kappa shape index (κ1) is 19.2. The van der Waals surface area contributed by atoms with Gasteiger partial charge in [0.15, 0.2) is 5.13 Å². The molecule has 0 aliphatic rings. The first-order valence-corrected chi connectivity index (χ1v) is 10.5. The first-order valence-electron chi connectivity index (χ1n) is 9.61. The van der Waals surface area contributed by atoms with E-state index in [1.54, 1.807) is 7.11 Å². The zero-order chi connectivity index (χ0) is 20.2. The molecule has 0 atom stereocenters. The van der Waals surface area contributed by atoms with Crippen LogP contribution in [0.25, 0.3) is 22.0 Å². The lowest BCUT2D eigenvalue weighted by Crippen LogP contribution is -2.13. The number of carbonyl (C=O) groups is 1. The maximum Gasteiger partial charge on any atom is 0.261 e. The van der Waals surface area contributed by atoms with E-state index in [-0.39, 0.29) is 5.91 Å². The van der Waals surface area contributed by atoms with Crippen molar-refractivity contribution in [2.24, 2.45) is 0 Å². The van der Waals surface area contributed by atoms with Gasteiger partial charge in [0.25, 0.3) is 5.91 Å². The topological polar surface area (TPSA) is 51.2 Å². The third kappa shape index (κ3) is 4.15. The van der Waals surface area contributed by atoms with Crippen molar-refractivity contribution in [3.8, 4) is 17.0 Å². The van der Waals surface area contributed by atoms with Gasteiger partial charge < -0.3 is 4.74 Å². The highest BCUT2D eigenvalue weighted by molar-refractivity contribution is 7.14. The van der Waals surface area contributed by atoms with Crippen LogP contribution in [0.5, 0.6) is 5.75 Å². The Morgan fingerprint density at radius 2 is 1.79 bits per heavy atom. The van der Waals surface area contributed by atoms with Gasteiger partial charge in [0.05, 0.1) is 18.4 Å². The van der Waals surface area contributed by atoms with Crippen LogP contribution in [0.1, 0.15) is 29.3 Å². The van der Waals surface area contributed by atoms with E-state index in [1.165, 1.54) is 16.9 Å². The maximum atomic E-state index is 12.9. The number of aromatic nitrogens is 1. The largest absolute Gasteiger partial charge is 0.496 e. The van der Waals surface area contributed by atoms with Gasteiger partial charge >= 0.3 is 0 Å². The maximum absolute atomic E-state index is 12.9. The summed E-state index contributed by atoms with van der Waals surface area (Å²) in [5, 5.41) is 7.46. The number of fused-ring (bicyclic) bond motifs is 1. The molecule has 0 fully saturated rings. The van der Waals surface area contributed by atoms with Gasteiger partial charge in [-0.1, -0.05) is 61.9 Å². The van der Waals surface area contributed by atoms with Crippen LogP contribution in [0.4, 0.5) is 5.13 Å².